The highest BCUT2D eigenvalue weighted by atomic mass is 79.9. The van der Waals surface area contributed by atoms with Gasteiger partial charge in [-0.15, -0.1) is 0 Å². The Morgan fingerprint density at radius 3 is 2.67 bits per heavy atom. The standard InChI is InChI=1S/C24H22BrN3O4S/c1-2-31-17-11-9-16(10-12-17)26-24-28(15-18-6-5-13-32-18)23(30)21(33-24)14-22(29)27-20-8-4-3-7-19(20)25/h3-13,21H,2,14-15H2,1H3,(H,27,29)/t21-/m0/s1. The molecule has 0 spiro atoms. The number of halogens is 1. The lowest BCUT2D eigenvalue weighted by Crippen LogP contribution is -2.33. The van der Waals surface area contributed by atoms with E-state index in [9.17, 15) is 9.59 Å². The molecule has 2 aromatic carbocycles. The first-order chi connectivity index (χ1) is 16.0. The number of carbonyl (C=O) groups is 2. The van der Waals surface area contributed by atoms with E-state index >= 15 is 0 Å². The van der Waals surface area contributed by atoms with Gasteiger partial charge in [-0.3, -0.25) is 14.5 Å². The van der Waals surface area contributed by atoms with Crippen molar-refractivity contribution in [1.82, 2.24) is 4.90 Å². The summed E-state index contributed by atoms with van der Waals surface area (Å²) in [6.45, 7) is 2.75. The molecule has 2 heterocycles. The molecule has 1 aliphatic rings. The van der Waals surface area contributed by atoms with Crippen molar-refractivity contribution >= 4 is 56.0 Å². The minimum absolute atomic E-state index is 0.0296. The lowest BCUT2D eigenvalue weighted by molar-refractivity contribution is -0.128. The molecule has 7 nitrogen and oxygen atoms in total. The zero-order valence-electron chi connectivity index (χ0n) is 17.9. The molecule has 1 saturated heterocycles. The van der Waals surface area contributed by atoms with E-state index in [0.29, 0.717) is 28.9 Å². The molecule has 1 atom stereocenters. The molecule has 0 bridgehead atoms. The van der Waals surface area contributed by atoms with Crippen molar-refractivity contribution in [3.05, 3.63) is 77.2 Å². The summed E-state index contributed by atoms with van der Waals surface area (Å²) in [7, 11) is 0. The van der Waals surface area contributed by atoms with Gasteiger partial charge in [0.05, 0.1) is 30.8 Å². The second kappa shape index (κ2) is 10.7. The van der Waals surface area contributed by atoms with Crippen LogP contribution < -0.4 is 10.1 Å². The van der Waals surface area contributed by atoms with Crippen LogP contribution in [0.2, 0.25) is 0 Å². The Bertz CT molecular complexity index is 1150. The van der Waals surface area contributed by atoms with Crippen LogP contribution in [0.1, 0.15) is 19.1 Å². The Morgan fingerprint density at radius 2 is 1.97 bits per heavy atom. The minimum Gasteiger partial charge on any atom is -0.494 e. The number of rotatable bonds is 8. The Balaban J connectivity index is 1.52. The molecule has 1 N–H and O–H groups in total. The maximum atomic E-state index is 13.2. The predicted octanol–water partition coefficient (Wildman–Crippen LogP) is 5.60. The molecule has 3 aromatic rings. The maximum absolute atomic E-state index is 13.2. The van der Waals surface area contributed by atoms with Crippen molar-refractivity contribution in [2.75, 3.05) is 11.9 Å². The number of thioether (sulfide) groups is 1. The molecule has 33 heavy (non-hydrogen) atoms. The zero-order valence-corrected chi connectivity index (χ0v) is 20.3. The number of amidine groups is 1. The van der Waals surface area contributed by atoms with Crippen molar-refractivity contribution in [3.8, 4) is 5.75 Å². The molecular weight excluding hydrogens is 506 g/mol. The Hall–Kier alpha value is -3.04. The number of hydrogen-bond donors (Lipinski definition) is 1. The molecular formula is C24H22BrN3O4S. The van der Waals surface area contributed by atoms with Gasteiger partial charge in [0.15, 0.2) is 5.17 Å². The number of nitrogens with zero attached hydrogens (tertiary/aromatic N) is 2. The zero-order chi connectivity index (χ0) is 23.2. The average Bonchev–Trinajstić information content (AvgIpc) is 3.41. The summed E-state index contributed by atoms with van der Waals surface area (Å²) in [6.07, 6.45) is 1.59. The summed E-state index contributed by atoms with van der Waals surface area (Å²) >= 11 is 4.70. The summed E-state index contributed by atoms with van der Waals surface area (Å²) in [5.74, 6) is 0.976. The third-order valence-electron chi connectivity index (χ3n) is 4.81. The van der Waals surface area contributed by atoms with E-state index in [1.807, 2.05) is 49.4 Å². The molecule has 1 fully saturated rings. The molecule has 0 saturated carbocycles. The van der Waals surface area contributed by atoms with Crippen molar-refractivity contribution in [1.29, 1.82) is 0 Å². The van der Waals surface area contributed by atoms with E-state index in [1.54, 1.807) is 29.4 Å². The van der Waals surface area contributed by atoms with E-state index in [4.69, 9.17) is 9.15 Å². The first kappa shape index (κ1) is 23.1. The van der Waals surface area contributed by atoms with Crippen molar-refractivity contribution < 1.29 is 18.7 Å². The van der Waals surface area contributed by atoms with Crippen molar-refractivity contribution in [3.63, 3.8) is 0 Å². The van der Waals surface area contributed by atoms with Crippen molar-refractivity contribution in [2.45, 2.75) is 25.1 Å². The number of benzene rings is 2. The summed E-state index contributed by atoms with van der Waals surface area (Å²) in [5.41, 5.74) is 1.35. The van der Waals surface area contributed by atoms with Crippen LogP contribution in [0.15, 0.2) is 80.8 Å². The molecule has 1 aromatic heterocycles. The van der Waals surface area contributed by atoms with Crippen LogP contribution in [0.3, 0.4) is 0 Å². The van der Waals surface area contributed by atoms with Gasteiger partial charge < -0.3 is 14.5 Å². The highest BCUT2D eigenvalue weighted by Gasteiger charge is 2.39. The van der Waals surface area contributed by atoms with Crippen LogP contribution >= 0.6 is 27.7 Å². The van der Waals surface area contributed by atoms with Crippen molar-refractivity contribution in [2.24, 2.45) is 4.99 Å². The topological polar surface area (TPSA) is 84.1 Å². The van der Waals surface area contributed by atoms with E-state index in [0.717, 1.165) is 10.2 Å². The molecule has 0 radical (unpaired) electrons. The van der Waals surface area contributed by atoms with E-state index in [2.05, 4.69) is 26.2 Å². The first-order valence-corrected chi connectivity index (χ1v) is 12.1. The number of amides is 2. The van der Waals surface area contributed by atoms with Gasteiger partial charge in [-0.1, -0.05) is 23.9 Å². The number of ether oxygens (including phenoxy) is 1. The fraction of sp³-hybridized carbons (Fsp3) is 0.208. The van der Waals surface area contributed by atoms with Gasteiger partial charge in [-0.05, 0) is 71.4 Å². The fourth-order valence-electron chi connectivity index (χ4n) is 3.26. The van der Waals surface area contributed by atoms with Crippen LogP contribution in [-0.2, 0) is 16.1 Å². The molecule has 2 amide bonds. The lowest BCUT2D eigenvalue weighted by atomic mass is 10.2. The molecule has 170 valence electrons. The third kappa shape index (κ3) is 5.85. The van der Waals surface area contributed by atoms with E-state index in [-0.39, 0.29) is 24.8 Å². The Kier molecular flexibility index (Phi) is 7.51. The van der Waals surface area contributed by atoms with Gasteiger partial charge in [0.1, 0.15) is 16.8 Å². The molecule has 0 aliphatic carbocycles. The summed E-state index contributed by atoms with van der Waals surface area (Å²) in [6, 6.07) is 18.3. The number of furan rings is 1. The van der Waals surface area contributed by atoms with Gasteiger partial charge in [0, 0.05) is 10.9 Å². The predicted molar refractivity (Wildman–Crippen MR) is 133 cm³/mol. The highest BCUT2D eigenvalue weighted by molar-refractivity contribution is 9.10. The van der Waals surface area contributed by atoms with Gasteiger partial charge in [0.25, 0.3) is 0 Å². The van der Waals surface area contributed by atoms with Gasteiger partial charge in [0.2, 0.25) is 11.8 Å². The SMILES string of the molecule is CCOc1ccc(N=C2S[C@@H](CC(=O)Nc3ccccc3Br)C(=O)N2Cc2ccco2)cc1. The van der Waals surface area contributed by atoms with E-state index < -0.39 is 5.25 Å². The Morgan fingerprint density at radius 1 is 1.18 bits per heavy atom. The lowest BCUT2D eigenvalue weighted by Gasteiger charge is -2.15. The monoisotopic (exact) mass is 527 g/mol. The minimum atomic E-state index is -0.580. The molecule has 0 unspecified atom stereocenters. The van der Waals surface area contributed by atoms with Gasteiger partial charge >= 0.3 is 0 Å². The van der Waals surface area contributed by atoms with Crippen LogP contribution in [0, 0.1) is 0 Å². The van der Waals surface area contributed by atoms with Gasteiger partial charge in [-0.25, -0.2) is 4.99 Å². The van der Waals surface area contributed by atoms with Gasteiger partial charge in [-0.2, -0.15) is 0 Å². The first-order valence-electron chi connectivity index (χ1n) is 10.4. The number of carbonyl (C=O) groups excluding carboxylic acids is 2. The van der Waals surface area contributed by atoms with Crippen LogP contribution in [0.25, 0.3) is 0 Å². The number of para-hydroxylation sites is 1. The largest absolute Gasteiger partial charge is 0.494 e. The third-order valence-corrected chi connectivity index (χ3v) is 6.67. The number of nitrogens with one attached hydrogen (secondary N) is 1. The molecule has 4 rings (SSSR count). The normalized spacial score (nSPS) is 16.9. The smallest absolute Gasteiger partial charge is 0.243 e. The number of anilines is 1. The van der Waals surface area contributed by atoms with Crippen LogP contribution in [-0.4, -0.2) is 33.7 Å². The van der Waals surface area contributed by atoms with E-state index in [1.165, 1.54) is 11.8 Å². The summed E-state index contributed by atoms with van der Waals surface area (Å²) in [4.78, 5) is 32.1. The summed E-state index contributed by atoms with van der Waals surface area (Å²) < 4.78 is 11.7. The second-order valence-electron chi connectivity index (χ2n) is 7.16. The van der Waals surface area contributed by atoms with Crippen LogP contribution in [0.4, 0.5) is 11.4 Å². The maximum Gasteiger partial charge on any atom is 0.243 e. The fourth-order valence-corrected chi connectivity index (χ4v) is 4.80. The quantitative estimate of drug-likeness (QED) is 0.412. The average molecular weight is 528 g/mol. The molecule has 1 aliphatic heterocycles. The number of aliphatic imine (C=N–C) groups is 1. The Labute approximate surface area is 204 Å². The highest BCUT2D eigenvalue weighted by Crippen LogP contribution is 2.33. The summed E-state index contributed by atoms with van der Waals surface area (Å²) in [5, 5.41) is 2.81. The van der Waals surface area contributed by atoms with Crippen LogP contribution in [0.5, 0.6) is 5.75 Å². The molecule has 9 heteroatoms. The number of hydrogen-bond acceptors (Lipinski definition) is 6. The second-order valence-corrected chi connectivity index (χ2v) is 9.19.